The monoisotopic (exact) mass is 316 g/mol. The van der Waals surface area contributed by atoms with Crippen LogP contribution in [0.5, 0.6) is 0 Å². The Morgan fingerprint density at radius 1 is 1.45 bits per heavy atom. The van der Waals surface area contributed by atoms with Crippen LogP contribution in [0.2, 0.25) is 0 Å². The van der Waals surface area contributed by atoms with Gasteiger partial charge in [-0.25, -0.2) is 9.97 Å². The van der Waals surface area contributed by atoms with E-state index in [-0.39, 0.29) is 5.91 Å². The van der Waals surface area contributed by atoms with Gasteiger partial charge in [0.1, 0.15) is 12.2 Å². The molecule has 114 valence electrons. The first-order valence-corrected chi connectivity index (χ1v) is 7.83. The number of hydrogen-bond acceptors (Lipinski definition) is 5. The fourth-order valence-electron chi connectivity index (χ4n) is 2.14. The van der Waals surface area contributed by atoms with Gasteiger partial charge in [-0.3, -0.25) is 9.89 Å². The highest BCUT2D eigenvalue weighted by Crippen LogP contribution is 2.16. The SMILES string of the molecule is Cc1nc2cc(C(=O)NCCSc3ncn[nH]3)ccc2n1C. The maximum Gasteiger partial charge on any atom is 0.251 e. The quantitative estimate of drug-likeness (QED) is 0.550. The lowest BCUT2D eigenvalue weighted by molar-refractivity contribution is 0.0956. The van der Waals surface area contributed by atoms with Gasteiger partial charge in [0.15, 0.2) is 5.16 Å². The van der Waals surface area contributed by atoms with Crippen molar-refractivity contribution in [2.24, 2.45) is 7.05 Å². The Kier molecular flexibility index (Phi) is 4.10. The predicted octanol–water partition coefficient (Wildman–Crippen LogP) is 1.52. The summed E-state index contributed by atoms with van der Waals surface area (Å²) in [6, 6.07) is 5.57. The number of aromatic amines is 1. The van der Waals surface area contributed by atoms with Gasteiger partial charge in [0.25, 0.3) is 5.91 Å². The fourth-order valence-corrected chi connectivity index (χ4v) is 2.78. The molecule has 0 saturated carbocycles. The van der Waals surface area contributed by atoms with Crippen LogP contribution in [0.15, 0.2) is 29.7 Å². The van der Waals surface area contributed by atoms with E-state index >= 15 is 0 Å². The molecule has 0 unspecified atom stereocenters. The summed E-state index contributed by atoms with van der Waals surface area (Å²) in [4.78, 5) is 20.6. The zero-order valence-corrected chi connectivity index (χ0v) is 13.1. The molecule has 0 aliphatic rings. The summed E-state index contributed by atoms with van der Waals surface area (Å²) in [6.07, 6.45) is 1.46. The number of rotatable bonds is 5. The van der Waals surface area contributed by atoms with Gasteiger partial charge in [-0.2, -0.15) is 5.10 Å². The summed E-state index contributed by atoms with van der Waals surface area (Å²) >= 11 is 1.51. The number of thioether (sulfide) groups is 1. The number of nitrogens with zero attached hydrogens (tertiary/aromatic N) is 4. The van der Waals surface area contributed by atoms with Crippen LogP contribution in [-0.2, 0) is 7.05 Å². The number of benzene rings is 1. The van der Waals surface area contributed by atoms with Crippen molar-refractivity contribution in [2.75, 3.05) is 12.3 Å². The van der Waals surface area contributed by atoms with Crippen LogP contribution in [0.1, 0.15) is 16.2 Å². The number of carbonyl (C=O) groups is 1. The third-order valence-electron chi connectivity index (χ3n) is 3.39. The Bertz CT molecular complexity index is 795. The zero-order chi connectivity index (χ0) is 15.5. The van der Waals surface area contributed by atoms with E-state index in [9.17, 15) is 4.79 Å². The maximum absolute atomic E-state index is 12.2. The van der Waals surface area contributed by atoms with Crippen molar-refractivity contribution >= 4 is 28.7 Å². The van der Waals surface area contributed by atoms with E-state index in [4.69, 9.17) is 0 Å². The van der Waals surface area contributed by atoms with E-state index < -0.39 is 0 Å². The molecule has 0 radical (unpaired) electrons. The van der Waals surface area contributed by atoms with Gasteiger partial charge in [-0.05, 0) is 25.1 Å². The molecular weight excluding hydrogens is 300 g/mol. The number of aryl methyl sites for hydroxylation is 2. The highest BCUT2D eigenvalue weighted by atomic mass is 32.2. The van der Waals surface area contributed by atoms with Crippen molar-refractivity contribution in [2.45, 2.75) is 12.1 Å². The molecule has 0 spiro atoms. The molecule has 0 bridgehead atoms. The summed E-state index contributed by atoms with van der Waals surface area (Å²) in [5.74, 6) is 1.56. The van der Waals surface area contributed by atoms with Gasteiger partial charge < -0.3 is 9.88 Å². The van der Waals surface area contributed by atoms with Crippen LogP contribution < -0.4 is 5.32 Å². The minimum atomic E-state index is -0.0941. The molecule has 8 heteroatoms. The number of H-pyrrole nitrogens is 1. The van der Waals surface area contributed by atoms with Gasteiger partial charge in [0.2, 0.25) is 0 Å². The summed E-state index contributed by atoms with van der Waals surface area (Å²) in [5, 5.41) is 10.2. The molecule has 0 fully saturated rings. The normalized spacial score (nSPS) is 11.0. The topological polar surface area (TPSA) is 88.5 Å². The third-order valence-corrected chi connectivity index (χ3v) is 4.26. The van der Waals surface area contributed by atoms with Crippen LogP contribution in [0.4, 0.5) is 0 Å². The van der Waals surface area contributed by atoms with Crippen LogP contribution >= 0.6 is 11.8 Å². The van der Waals surface area contributed by atoms with Crippen LogP contribution in [0, 0.1) is 6.92 Å². The maximum atomic E-state index is 12.2. The molecule has 22 heavy (non-hydrogen) atoms. The first-order chi connectivity index (χ1) is 10.6. The number of nitrogens with one attached hydrogen (secondary N) is 2. The molecule has 7 nitrogen and oxygen atoms in total. The molecule has 2 aromatic heterocycles. The Morgan fingerprint density at radius 2 is 2.32 bits per heavy atom. The van der Waals surface area contributed by atoms with Crippen molar-refractivity contribution in [1.82, 2.24) is 30.0 Å². The average Bonchev–Trinajstić information content (AvgIpc) is 3.12. The second-order valence-corrected chi connectivity index (χ2v) is 5.90. The highest BCUT2D eigenvalue weighted by molar-refractivity contribution is 7.99. The Hall–Kier alpha value is -2.35. The standard InChI is InChI=1S/C14H16N6OS/c1-9-18-11-7-10(3-4-12(11)20(9)2)13(21)15-5-6-22-14-16-8-17-19-14/h3-4,7-8H,5-6H2,1-2H3,(H,15,21)(H,16,17,19). The number of hydrogen-bond donors (Lipinski definition) is 2. The lowest BCUT2D eigenvalue weighted by atomic mass is 10.2. The molecule has 2 heterocycles. The average molecular weight is 316 g/mol. The Labute approximate surface area is 131 Å². The van der Waals surface area contributed by atoms with Crippen molar-refractivity contribution in [3.63, 3.8) is 0 Å². The highest BCUT2D eigenvalue weighted by Gasteiger charge is 2.09. The molecule has 3 aromatic rings. The Balaban J connectivity index is 1.60. The van der Waals surface area contributed by atoms with Gasteiger partial charge >= 0.3 is 0 Å². The molecule has 1 aromatic carbocycles. The van der Waals surface area contributed by atoms with E-state index in [1.54, 1.807) is 0 Å². The van der Waals surface area contributed by atoms with Crippen molar-refractivity contribution in [3.05, 3.63) is 35.9 Å². The number of amides is 1. The molecular formula is C14H16N6OS. The van der Waals surface area contributed by atoms with Crippen molar-refractivity contribution in [1.29, 1.82) is 0 Å². The first-order valence-electron chi connectivity index (χ1n) is 6.84. The van der Waals surface area contributed by atoms with E-state index in [1.807, 2.05) is 36.7 Å². The number of fused-ring (bicyclic) bond motifs is 1. The minimum absolute atomic E-state index is 0.0941. The third kappa shape index (κ3) is 2.96. The van der Waals surface area contributed by atoms with E-state index in [0.29, 0.717) is 12.1 Å². The predicted molar refractivity (Wildman–Crippen MR) is 84.9 cm³/mol. The van der Waals surface area contributed by atoms with Crippen LogP contribution in [0.25, 0.3) is 11.0 Å². The summed E-state index contributed by atoms with van der Waals surface area (Å²) in [6.45, 7) is 2.50. The van der Waals surface area contributed by atoms with Crippen molar-refractivity contribution < 1.29 is 4.79 Å². The number of imidazole rings is 1. The van der Waals surface area contributed by atoms with Crippen molar-refractivity contribution in [3.8, 4) is 0 Å². The molecule has 0 aliphatic carbocycles. The molecule has 1 amide bonds. The molecule has 3 rings (SSSR count). The molecule has 2 N–H and O–H groups in total. The lowest BCUT2D eigenvalue weighted by Gasteiger charge is -2.04. The van der Waals surface area contributed by atoms with Crippen LogP contribution in [-0.4, -0.2) is 42.9 Å². The lowest BCUT2D eigenvalue weighted by Crippen LogP contribution is -2.25. The van der Waals surface area contributed by atoms with Gasteiger partial charge in [0, 0.05) is 24.9 Å². The molecule has 0 saturated heterocycles. The molecule has 0 atom stereocenters. The number of carbonyl (C=O) groups excluding carboxylic acids is 1. The number of aromatic nitrogens is 5. The second-order valence-electron chi connectivity index (χ2n) is 4.82. The second kappa shape index (κ2) is 6.18. The summed E-state index contributed by atoms with van der Waals surface area (Å²) in [7, 11) is 1.96. The molecule has 0 aliphatic heterocycles. The Morgan fingerprint density at radius 3 is 3.09 bits per heavy atom. The van der Waals surface area contributed by atoms with Crippen LogP contribution in [0.3, 0.4) is 0 Å². The van der Waals surface area contributed by atoms with Gasteiger partial charge in [0.05, 0.1) is 11.0 Å². The van der Waals surface area contributed by atoms with E-state index in [2.05, 4.69) is 25.5 Å². The largest absolute Gasteiger partial charge is 0.351 e. The zero-order valence-electron chi connectivity index (χ0n) is 12.3. The summed E-state index contributed by atoms with van der Waals surface area (Å²) < 4.78 is 2.01. The summed E-state index contributed by atoms with van der Waals surface area (Å²) in [5.41, 5.74) is 2.48. The fraction of sp³-hybridized carbons (Fsp3) is 0.286. The van der Waals surface area contributed by atoms with E-state index in [1.165, 1.54) is 18.1 Å². The minimum Gasteiger partial charge on any atom is -0.351 e. The van der Waals surface area contributed by atoms with Gasteiger partial charge in [-0.15, -0.1) is 0 Å². The smallest absolute Gasteiger partial charge is 0.251 e. The van der Waals surface area contributed by atoms with E-state index in [0.717, 1.165) is 27.8 Å². The van der Waals surface area contributed by atoms with Gasteiger partial charge in [-0.1, -0.05) is 11.8 Å². The first kappa shape index (κ1) is 14.6.